The first-order valence-electron chi connectivity index (χ1n) is 11.4. The van der Waals surface area contributed by atoms with Gasteiger partial charge in [-0.3, -0.25) is 19.3 Å². The number of alkyl carbamates (subject to hydrolysis) is 1. The zero-order valence-electron chi connectivity index (χ0n) is 21.0. The molecule has 37 heavy (non-hydrogen) atoms. The second kappa shape index (κ2) is 12.8. The van der Waals surface area contributed by atoms with Crippen LogP contribution in [0.5, 0.6) is 0 Å². The van der Waals surface area contributed by atoms with Crippen molar-refractivity contribution in [3.05, 3.63) is 71.3 Å². The predicted octanol–water partition coefficient (Wildman–Crippen LogP) is 2.21. The van der Waals surface area contributed by atoms with E-state index < -0.39 is 47.9 Å². The number of hydrogen-bond donors (Lipinski definition) is 3. The van der Waals surface area contributed by atoms with Gasteiger partial charge in [-0.2, -0.15) is 0 Å². The van der Waals surface area contributed by atoms with Crippen molar-refractivity contribution >= 4 is 23.8 Å². The fourth-order valence-corrected chi connectivity index (χ4v) is 3.35. The number of nitrogens with one attached hydrogen (secondary N) is 2. The van der Waals surface area contributed by atoms with Crippen LogP contribution < -0.4 is 16.4 Å². The standard InChI is InChI=1S/C28H30N4O5/c1-6-19-13-15-21(16-14-19)24(25(34)30-18-20-11-9-8-10-12-20)32(7-2)26(35)22(17-23(29)33)31-27(36)37-28(3,4)5/h1-2,8-16,22,24H,17-18H2,3-5H3,(H2,29,33)(H,30,34)(H,31,36). The normalized spacial score (nSPS) is 12.1. The van der Waals surface area contributed by atoms with Gasteiger partial charge in [-0.1, -0.05) is 54.8 Å². The van der Waals surface area contributed by atoms with Crippen molar-refractivity contribution in [2.45, 2.75) is 51.4 Å². The Kier molecular flexibility index (Phi) is 9.85. The van der Waals surface area contributed by atoms with Gasteiger partial charge in [-0.05, 0) is 44.0 Å². The first-order chi connectivity index (χ1) is 17.4. The molecule has 4 amide bonds. The topological polar surface area (TPSA) is 131 Å². The van der Waals surface area contributed by atoms with Crippen molar-refractivity contribution in [3.8, 4) is 24.8 Å². The molecule has 9 nitrogen and oxygen atoms in total. The number of nitrogens with zero attached hydrogens (tertiary/aromatic N) is 1. The molecule has 2 aromatic carbocycles. The molecule has 0 heterocycles. The molecule has 0 fully saturated rings. The number of terminal acetylenes is 2. The Hall–Kier alpha value is -4.76. The van der Waals surface area contributed by atoms with Gasteiger partial charge in [-0.15, -0.1) is 6.42 Å². The van der Waals surface area contributed by atoms with Gasteiger partial charge < -0.3 is 21.1 Å². The van der Waals surface area contributed by atoms with Crippen LogP contribution in [0.25, 0.3) is 0 Å². The highest BCUT2D eigenvalue weighted by molar-refractivity contribution is 5.95. The molecule has 0 bridgehead atoms. The lowest BCUT2D eigenvalue weighted by Crippen LogP contribution is -2.52. The van der Waals surface area contributed by atoms with Crippen LogP contribution in [0.3, 0.4) is 0 Å². The third kappa shape index (κ3) is 8.75. The molecule has 2 atom stereocenters. The summed E-state index contributed by atoms with van der Waals surface area (Å²) < 4.78 is 5.20. The van der Waals surface area contributed by atoms with Gasteiger partial charge in [-0.25, -0.2) is 4.79 Å². The lowest BCUT2D eigenvalue weighted by Gasteiger charge is -2.30. The molecule has 0 saturated carbocycles. The molecule has 2 aromatic rings. The summed E-state index contributed by atoms with van der Waals surface area (Å²) in [6, 6.07) is 14.9. The van der Waals surface area contributed by atoms with E-state index in [1.165, 1.54) is 0 Å². The second-order valence-electron chi connectivity index (χ2n) is 9.08. The van der Waals surface area contributed by atoms with Crippen molar-refractivity contribution in [1.82, 2.24) is 15.5 Å². The van der Waals surface area contributed by atoms with E-state index in [4.69, 9.17) is 23.3 Å². The second-order valence-corrected chi connectivity index (χ2v) is 9.08. The number of carbonyl (C=O) groups is 4. The van der Waals surface area contributed by atoms with Crippen LogP contribution in [0.15, 0.2) is 54.6 Å². The summed E-state index contributed by atoms with van der Waals surface area (Å²) >= 11 is 0. The number of ether oxygens (including phenoxy) is 1. The average molecular weight is 503 g/mol. The molecular formula is C28H30N4O5. The van der Waals surface area contributed by atoms with Gasteiger partial charge >= 0.3 is 6.09 Å². The van der Waals surface area contributed by atoms with Crippen LogP contribution in [-0.2, 0) is 25.7 Å². The van der Waals surface area contributed by atoms with E-state index in [-0.39, 0.29) is 6.54 Å². The quantitative estimate of drug-likeness (QED) is 0.358. The van der Waals surface area contributed by atoms with Crippen molar-refractivity contribution < 1.29 is 23.9 Å². The SMILES string of the molecule is C#Cc1ccc(C(C(=O)NCc2ccccc2)N(C#C)C(=O)C(CC(N)=O)NC(=O)OC(C)(C)C)cc1. The minimum atomic E-state index is -1.47. The lowest BCUT2D eigenvalue weighted by molar-refractivity contribution is -0.139. The number of carbonyl (C=O) groups excluding carboxylic acids is 4. The predicted molar refractivity (Wildman–Crippen MR) is 138 cm³/mol. The summed E-state index contributed by atoms with van der Waals surface area (Å²) in [6.45, 7) is 5.08. The van der Waals surface area contributed by atoms with E-state index in [1.54, 1.807) is 45.0 Å². The van der Waals surface area contributed by atoms with E-state index in [1.807, 2.05) is 30.3 Å². The fraction of sp³-hybridized carbons (Fsp3) is 0.286. The molecule has 2 rings (SSSR count). The number of hydrogen-bond acceptors (Lipinski definition) is 5. The number of benzene rings is 2. The van der Waals surface area contributed by atoms with E-state index in [2.05, 4.69) is 22.6 Å². The monoisotopic (exact) mass is 502 g/mol. The summed E-state index contributed by atoms with van der Waals surface area (Å²) in [6.07, 6.45) is 9.62. The third-order valence-electron chi connectivity index (χ3n) is 4.98. The van der Waals surface area contributed by atoms with Crippen LogP contribution in [0.1, 0.15) is 49.9 Å². The Balaban J connectivity index is 2.41. The van der Waals surface area contributed by atoms with Gasteiger partial charge in [0.1, 0.15) is 17.7 Å². The fourth-order valence-electron chi connectivity index (χ4n) is 3.35. The molecule has 2 unspecified atom stereocenters. The smallest absolute Gasteiger partial charge is 0.408 e. The van der Waals surface area contributed by atoms with Crippen LogP contribution >= 0.6 is 0 Å². The largest absolute Gasteiger partial charge is 0.444 e. The molecule has 4 N–H and O–H groups in total. The van der Waals surface area contributed by atoms with Crippen molar-refractivity contribution in [3.63, 3.8) is 0 Å². The Morgan fingerprint density at radius 1 is 1.03 bits per heavy atom. The Morgan fingerprint density at radius 2 is 1.65 bits per heavy atom. The summed E-state index contributed by atoms with van der Waals surface area (Å²) in [4.78, 5) is 51.8. The molecule has 0 aliphatic heterocycles. The summed E-state index contributed by atoms with van der Waals surface area (Å²) in [5.41, 5.74) is 6.20. The minimum Gasteiger partial charge on any atom is -0.444 e. The number of nitrogens with two attached hydrogens (primary N) is 1. The van der Waals surface area contributed by atoms with E-state index in [0.717, 1.165) is 10.5 Å². The molecule has 0 aromatic heterocycles. The van der Waals surface area contributed by atoms with Crippen molar-refractivity contribution in [2.75, 3.05) is 0 Å². The van der Waals surface area contributed by atoms with E-state index in [0.29, 0.717) is 11.1 Å². The highest BCUT2D eigenvalue weighted by Gasteiger charge is 2.36. The van der Waals surface area contributed by atoms with Gasteiger partial charge in [0.15, 0.2) is 0 Å². The Labute approximate surface area is 216 Å². The molecule has 192 valence electrons. The van der Waals surface area contributed by atoms with Gasteiger partial charge in [0.25, 0.3) is 5.91 Å². The van der Waals surface area contributed by atoms with Gasteiger partial charge in [0.05, 0.1) is 6.42 Å². The first kappa shape index (κ1) is 28.5. The first-order valence-corrected chi connectivity index (χ1v) is 11.4. The maximum atomic E-state index is 13.5. The zero-order valence-corrected chi connectivity index (χ0v) is 21.0. The molecule has 0 radical (unpaired) electrons. The number of primary amides is 1. The van der Waals surface area contributed by atoms with Crippen LogP contribution in [0.2, 0.25) is 0 Å². The molecule has 0 saturated heterocycles. The molecule has 0 spiro atoms. The Bertz CT molecular complexity index is 1200. The number of amides is 4. The van der Waals surface area contributed by atoms with Crippen LogP contribution in [0.4, 0.5) is 4.79 Å². The number of rotatable bonds is 9. The van der Waals surface area contributed by atoms with Crippen LogP contribution in [-0.4, -0.2) is 40.4 Å². The summed E-state index contributed by atoms with van der Waals surface area (Å²) in [7, 11) is 0. The molecular weight excluding hydrogens is 472 g/mol. The molecule has 9 heteroatoms. The molecule has 0 aliphatic rings. The van der Waals surface area contributed by atoms with E-state index >= 15 is 0 Å². The van der Waals surface area contributed by atoms with Crippen LogP contribution in [0, 0.1) is 24.8 Å². The Morgan fingerprint density at radius 3 is 2.16 bits per heavy atom. The average Bonchev–Trinajstić information content (AvgIpc) is 2.84. The lowest BCUT2D eigenvalue weighted by atomic mass is 10.0. The summed E-state index contributed by atoms with van der Waals surface area (Å²) in [5.74, 6) is 0.135. The van der Waals surface area contributed by atoms with Crippen molar-refractivity contribution in [1.29, 1.82) is 0 Å². The maximum Gasteiger partial charge on any atom is 0.408 e. The van der Waals surface area contributed by atoms with Gasteiger partial charge in [0, 0.05) is 18.2 Å². The third-order valence-corrected chi connectivity index (χ3v) is 4.98. The highest BCUT2D eigenvalue weighted by Crippen LogP contribution is 2.23. The highest BCUT2D eigenvalue weighted by atomic mass is 16.6. The van der Waals surface area contributed by atoms with Crippen molar-refractivity contribution in [2.24, 2.45) is 5.73 Å². The zero-order chi connectivity index (χ0) is 27.6. The molecule has 0 aliphatic carbocycles. The maximum absolute atomic E-state index is 13.5. The minimum absolute atomic E-state index is 0.173. The van der Waals surface area contributed by atoms with Gasteiger partial charge in [0.2, 0.25) is 11.8 Å². The van der Waals surface area contributed by atoms with E-state index in [9.17, 15) is 19.2 Å². The summed E-state index contributed by atoms with van der Waals surface area (Å²) in [5, 5.41) is 5.11.